The van der Waals surface area contributed by atoms with Gasteiger partial charge in [-0.05, 0) is 19.1 Å². The van der Waals surface area contributed by atoms with Gasteiger partial charge in [-0.1, -0.05) is 12.1 Å². The van der Waals surface area contributed by atoms with Crippen molar-refractivity contribution in [2.24, 2.45) is 0 Å². The molecule has 1 rings (SSSR count). The minimum atomic E-state index is -2.76. The number of benzene rings is 1. The van der Waals surface area contributed by atoms with Crippen molar-refractivity contribution in [3.63, 3.8) is 0 Å². The standard InChI is InChI=1S/C11H13F2NO/c1-8(15)9-4-3-5-10(6-9)14-7-11(2,12)13/h3-6,14H,7H2,1-2H3. The van der Waals surface area contributed by atoms with E-state index in [-0.39, 0.29) is 5.78 Å². The van der Waals surface area contributed by atoms with Crippen molar-refractivity contribution in [1.82, 2.24) is 0 Å². The second-order valence-electron chi connectivity index (χ2n) is 3.56. The fraction of sp³-hybridized carbons (Fsp3) is 0.364. The van der Waals surface area contributed by atoms with Crippen molar-refractivity contribution in [3.05, 3.63) is 29.8 Å². The third kappa shape index (κ3) is 4.06. The quantitative estimate of drug-likeness (QED) is 0.779. The van der Waals surface area contributed by atoms with Crippen LogP contribution in [-0.4, -0.2) is 18.3 Å². The molecule has 0 spiro atoms. The number of carbonyl (C=O) groups is 1. The van der Waals surface area contributed by atoms with Crippen LogP contribution in [0.25, 0.3) is 0 Å². The summed E-state index contributed by atoms with van der Waals surface area (Å²) in [5, 5.41) is 2.58. The molecule has 0 aliphatic carbocycles. The second kappa shape index (κ2) is 4.38. The Morgan fingerprint density at radius 3 is 2.67 bits per heavy atom. The first-order valence-electron chi connectivity index (χ1n) is 4.61. The smallest absolute Gasteiger partial charge is 0.262 e. The van der Waals surface area contributed by atoms with Crippen LogP contribution >= 0.6 is 0 Å². The zero-order valence-corrected chi connectivity index (χ0v) is 8.68. The Bertz CT molecular complexity index is 358. The maximum atomic E-state index is 12.5. The topological polar surface area (TPSA) is 29.1 Å². The Hall–Kier alpha value is -1.45. The molecule has 0 unspecified atom stereocenters. The number of rotatable bonds is 4. The number of alkyl halides is 2. The first-order valence-corrected chi connectivity index (χ1v) is 4.61. The van der Waals surface area contributed by atoms with E-state index in [0.29, 0.717) is 11.3 Å². The Morgan fingerprint density at radius 1 is 1.47 bits per heavy atom. The summed E-state index contributed by atoms with van der Waals surface area (Å²) in [7, 11) is 0. The lowest BCUT2D eigenvalue weighted by molar-refractivity contribution is 0.0368. The number of hydrogen-bond acceptors (Lipinski definition) is 2. The molecule has 4 heteroatoms. The van der Waals surface area contributed by atoms with Gasteiger partial charge in [-0.3, -0.25) is 4.79 Å². The number of halogens is 2. The van der Waals surface area contributed by atoms with Crippen LogP contribution in [0, 0.1) is 0 Å². The summed E-state index contributed by atoms with van der Waals surface area (Å²) in [5.41, 5.74) is 1.05. The molecule has 0 amide bonds. The molecule has 0 bridgehead atoms. The van der Waals surface area contributed by atoms with Crippen molar-refractivity contribution in [2.75, 3.05) is 11.9 Å². The molecule has 1 aromatic carbocycles. The second-order valence-corrected chi connectivity index (χ2v) is 3.56. The maximum absolute atomic E-state index is 12.5. The molecule has 1 aromatic rings. The number of anilines is 1. The van der Waals surface area contributed by atoms with E-state index in [9.17, 15) is 13.6 Å². The highest BCUT2D eigenvalue weighted by Crippen LogP contribution is 2.15. The van der Waals surface area contributed by atoms with Crippen molar-refractivity contribution in [3.8, 4) is 0 Å². The molecule has 15 heavy (non-hydrogen) atoms. The molecule has 2 nitrogen and oxygen atoms in total. The normalized spacial score (nSPS) is 11.2. The van der Waals surface area contributed by atoms with Crippen molar-refractivity contribution in [2.45, 2.75) is 19.8 Å². The molecular formula is C11H13F2NO. The average molecular weight is 213 g/mol. The highest BCUT2D eigenvalue weighted by molar-refractivity contribution is 5.94. The molecule has 0 saturated carbocycles. The molecule has 0 radical (unpaired) electrons. The van der Waals surface area contributed by atoms with Gasteiger partial charge < -0.3 is 5.32 Å². The third-order valence-corrected chi connectivity index (χ3v) is 1.87. The van der Waals surface area contributed by atoms with Gasteiger partial charge in [0.1, 0.15) is 0 Å². The molecule has 0 aliphatic heterocycles. The fourth-order valence-electron chi connectivity index (χ4n) is 1.11. The SMILES string of the molecule is CC(=O)c1cccc(NCC(C)(F)F)c1. The Morgan fingerprint density at radius 2 is 2.13 bits per heavy atom. The lowest BCUT2D eigenvalue weighted by Gasteiger charge is -2.12. The zero-order valence-electron chi connectivity index (χ0n) is 8.68. The van der Waals surface area contributed by atoms with E-state index in [0.717, 1.165) is 6.92 Å². The van der Waals surface area contributed by atoms with Crippen LogP contribution in [0.3, 0.4) is 0 Å². The monoisotopic (exact) mass is 213 g/mol. The number of carbonyl (C=O) groups excluding carboxylic acids is 1. The summed E-state index contributed by atoms with van der Waals surface area (Å²) in [5.74, 6) is -2.84. The van der Waals surface area contributed by atoms with Gasteiger partial charge in [0.25, 0.3) is 5.92 Å². The Labute approximate surface area is 87.3 Å². The first-order chi connectivity index (χ1) is 6.88. The van der Waals surface area contributed by atoms with Crippen LogP contribution in [-0.2, 0) is 0 Å². The summed E-state index contributed by atoms with van der Waals surface area (Å²) in [4.78, 5) is 11.0. The van der Waals surface area contributed by atoms with Crippen LogP contribution < -0.4 is 5.32 Å². The van der Waals surface area contributed by atoms with Crippen LogP contribution in [0.1, 0.15) is 24.2 Å². The predicted molar refractivity (Wildman–Crippen MR) is 55.6 cm³/mol. The number of Topliss-reactive ketones (excluding diaryl/α,β-unsaturated/α-hetero) is 1. The molecule has 82 valence electrons. The first kappa shape index (κ1) is 11.6. The van der Waals surface area contributed by atoms with E-state index in [1.54, 1.807) is 24.3 Å². The third-order valence-electron chi connectivity index (χ3n) is 1.87. The van der Waals surface area contributed by atoms with E-state index >= 15 is 0 Å². The van der Waals surface area contributed by atoms with E-state index < -0.39 is 12.5 Å². The molecule has 1 N–H and O–H groups in total. The summed E-state index contributed by atoms with van der Waals surface area (Å²) >= 11 is 0. The van der Waals surface area contributed by atoms with Gasteiger partial charge in [-0.2, -0.15) is 0 Å². The number of ketones is 1. The van der Waals surface area contributed by atoms with E-state index in [2.05, 4.69) is 5.32 Å². The van der Waals surface area contributed by atoms with Crippen LogP contribution in [0.2, 0.25) is 0 Å². The zero-order chi connectivity index (χ0) is 11.5. The van der Waals surface area contributed by atoms with Crippen LogP contribution in [0.4, 0.5) is 14.5 Å². The van der Waals surface area contributed by atoms with E-state index in [1.165, 1.54) is 6.92 Å². The highest BCUT2D eigenvalue weighted by atomic mass is 19.3. The Kier molecular flexibility index (Phi) is 3.39. The summed E-state index contributed by atoms with van der Waals surface area (Å²) in [6.45, 7) is 1.84. The van der Waals surface area contributed by atoms with Gasteiger partial charge in [0.2, 0.25) is 0 Å². The molecule has 0 heterocycles. The predicted octanol–water partition coefficient (Wildman–Crippen LogP) is 2.96. The van der Waals surface area contributed by atoms with Gasteiger partial charge in [0, 0.05) is 18.2 Å². The van der Waals surface area contributed by atoms with Gasteiger partial charge in [-0.15, -0.1) is 0 Å². The van der Waals surface area contributed by atoms with E-state index in [4.69, 9.17) is 0 Å². The average Bonchev–Trinajstić information content (AvgIpc) is 2.14. The van der Waals surface area contributed by atoms with Gasteiger partial charge >= 0.3 is 0 Å². The molecular weight excluding hydrogens is 200 g/mol. The van der Waals surface area contributed by atoms with Crippen molar-refractivity contribution in [1.29, 1.82) is 0 Å². The number of hydrogen-bond donors (Lipinski definition) is 1. The van der Waals surface area contributed by atoms with Crippen molar-refractivity contribution < 1.29 is 13.6 Å². The van der Waals surface area contributed by atoms with E-state index in [1.807, 2.05) is 0 Å². The van der Waals surface area contributed by atoms with Gasteiger partial charge in [0.15, 0.2) is 5.78 Å². The maximum Gasteiger partial charge on any atom is 0.262 e. The van der Waals surface area contributed by atoms with Crippen LogP contribution in [0.15, 0.2) is 24.3 Å². The summed E-state index contributed by atoms with van der Waals surface area (Å²) in [6.07, 6.45) is 0. The summed E-state index contributed by atoms with van der Waals surface area (Å²) in [6, 6.07) is 6.52. The lowest BCUT2D eigenvalue weighted by Crippen LogP contribution is -2.22. The van der Waals surface area contributed by atoms with Gasteiger partial charge in [0.05, 0.1) is 6.54 Å². The molecule has 0 saturated heterocycles. The lowest BCUT2D eigenvalue weighted by atomic mass is 10.1. The number of nitrogens with one attached hydrogen (secondary N) is 1. The van der Waals surface area contributed by atoms with Crippen LogP contribution in [0.5, 0.6) is 0 Å². The minimum Gasteiger partial charge on any atom is -0.379 e. The fourth-order valence-corrected chi connectivity index (χ4v) is 1.11. The largest absolute Gasteiger partial charge is 0.379 e. The van der Waals surface area contributed by atoms with Gasteiger partial charge in [-0.25, -0.2) is 8.78 Å². The summed E-state index contributed by atoms with van der Waals surface area (Å²) < 4.78 is 25.1. The molecule has 0 fully saturated rings. The van der Waals surface area contributed by atoms with Crippen molar-refractivity contribution >= 4 is 11.5 Å². The molecule has 0 aliphatic rings. The minimum absolute atomic E-state index is 0.0816. The molecule has 0 atom stereocenters. The molecule has 0 aromatic heterocycles. The highest BCUT2D eigenvalue weighted by Gasteiger charge is 2.20. The Balaban J connectivity index is 2.70.